The molecule has 0 atom stereocenters. The monoisotopic (exact) mass is 282 g/mol. The highest BCUT2D eigenvalue weighted by atomic mass is 35.5. The predicted octanol–water partition coefficient (Wildman–Crippen LogP) is 3.77. The van der Waals surface area contributed by atoms with E-state index in [1.54, 1.807) is 6.20 Å². The Hall–Kier alpha value is -2.38. The van der Waals surface area contributed by atoms with Gasteiger partial charge in [-0.15, -0.1) is 0 Å². The Morgan fingerprint density at radius 1 is 1.25 bits per heavy atom. The van der Waals surface area contributed by atoms with Crippen LogP contribution in [0.3, 0.4) is 0 Å². The number of hydrogen-bond acceptors (Lipinski definition) is 3. The van der Waals surface area contributed by atoms with E-state index < -0.39 is 0 Å². The second kappa shape index (κ2) is 4.62. The Kier molecular flexibility index (Phi) is 2.92. The first-order valence-electron chi connectivity index (χ1n) is 6.12. The van der Waals surface area contributed by atoms with Crippen LogP contribution in [-0.2, 0) is 0 Å². The molecule has 0 radical (unpaired) electrons. The van der Waals surface area contributed by atoms with Gasteiger partial charge in [-0.25, -0.2) is 4.98 Å². The van der Waals surface area contributed by atoms with Crippen LogP contribution in [0.2, 0.25) is 5.28 Å². The lowest BCUT2D eigenvalue weighted by Crippen LogP contribution is -1.93. The molecular formula is C15H11ClN4. The molecule has 0 aliphatic heterocycles. The molecule has 2 aromatic heterocycles. The molecule has 0 amide bonds. The number of nitrogens with zero attached hydrogens (tertiary/aromatic N) is 3. The molecule has 0 aliphatic carbocycles. The van der Waals surface area contributed by atoms with Crippen molar-refractivity contribution in [1.82, 2.24) is 15.0 Å². The number of nitriles is 1. The number of halogens is 1. The highest BCUT2D eigenvalue weighted by molar-refractivity contribution is 6.28. The van der Waals surface area contributed by atoms with Gasteiger partial charge in [0.2, 0.25) is 5.28 Å². The Morgan fingerprint density at radius 2 is 2.05 bits per heavy atom. The first-order valence-corrected chi connectivity index (χ1v) is 6.50. The third-order valence-electron chi connectivity index (χ3n) is 3.26. The van der Waals surface area contributed by atoms with Crippen molar-refractivity contribution in [1.29, 1.82) is 5.26 Å². The molecule has 0 saturated carbocycles. The minimum Gasteiger partial charge on any atom is -0.345 e. The van der Waals surface area contributed by atoms with Crippen molar-refractivity contribution in [2.75, 3.05) is 0 Å². The Balaban J connectivity index is 2.40. The maximum absolute atomic E-state index is 9.22. The summed E-state index contributed by atoms with van der Waals surface area (Å²) in [6, 6.07) is 8.25. The molecule has 0 fully saturated rings. The van der Waals surface area contributed by atoms with Crippen LogP contribution < -0.4 is 0 Å². The number of benzene rings is 1. The van der Waals surface area contributed by atoms with Gasteiger partial charge >= 0.3 is 0 Å². The van der Waals surface area contributed by atoms with Crippen LogP contribution in [0, 0.1) is 25.2 Å². The van der Waals surface area contributed by atoms with Gasteiger partial charge in [-0.2, -0.15) is 10.2 Å². The molecule has 1 aromatic carbocycles. The number of aromatic nitrogens is 3. The third kappa shape index (κ3) is 1.93. The Bertz CT molecular complexity index is 858. The van der Waals surface area contributed by atoms with E-state index in [4.69, 9.17) is 11.6 Å². The van der Waals surface area contributed by atoms with Gasteiger partial charge in [-0.1, -0.05) is 23.8 Å². The second-order valence-corrected chi connectivity index (χ2v) is 5.04. The number of nitrogens with one attached hydrogen (secondary N) is 1. The van der Waals surface area contributed by atoms with Crippen LogP contribution >= 0.6 is 11.6 Å². The van der Waals surface area contributed by atoms with Gasteiger partial charge < -0.3 is 4.98 Å². The summed E-state index contributed by atoms with van der Waals surface area (Å²) < 4.78 is 0. The van der Waals surface area contributed by atoms with Crippen molar-refractivity contribution in [2.24, 2.45) is 0 Å². The summed E-state index contributed by atoms with van der Waals surface area (Å²) in [6.45, 7) is 4.05. The van der Waals surface area contributed by atoms with Crippen molar-refractivity contribution < 1.29 is 0 Å². The van der Waals surface area contributed by atoms with Crippen molar-refractivity contribution in [3.05, 3.63) is 46.4 Å². The topological polar surface area (TPSA) is 65.4 Å². The third-order valence-corrected chi connectivity index (χ3v) is 3.43. The van der Waals surface area contributed by atoms with E-state index in [0.717, 1.165) is 11.1 Å². The summed E-state index contributed by atoms with van der Waals surface area (Å²) in [5.41, 5.74) is 5.02. The molecule has 98 valence electrons. The fourth-order valence-electron chi connectivity index (χ4n) is 2.37. The molecular weight excluding hydrogens is 272 g/mol. The summed E-state index contributed by atoms with van der Waals surface area (Å²) in [7, 11) is 0. The predicted molar refractivity (Wildman–Crippen MR) is 78.5 cm³/mol. The van der Waals surface area contributed by atoms with E-state index in [0.29, 0.717) is 22.3 Å². The molecule has 4 nitrogen and oxygen atoms in total. The largest absolute Gasteiger partial charge is 0.345 e. The molecule has 1 N–H and O–H groups in total. The zero-order valence-electron chi connectivity index (χ0n) is 11.0. The summed E-state index contributed by atoms with van der Waals surface area (Å²) in [6.07, 6.45) is 1.63. The van der Waals surface area contributed by atoms with Crippen molar-refractivity contribution in [3.8, 4) is 17.3 Å². The van der Waals surface area contributed by atoms with Gasteiger partial charge in [-0.3, -0.25) is 0 Å². The van der Waals surface area contributed by atoms with Gasteiger partial charge in [0.05, 0.1) is 16.6 Å². The molecule has 3 rings (SSSR count). The maximum atomic E-state index is 9.22. The maximum Gasteiger partial charge on any atom is 0.224 e. The fourth-order valence-corrected chi connectivity index (χ4v) is 2.54. The molecule has 2 heterocycles. The number of H-pyrrole nitrogens is 1. The summed E-state index contributed by atoms with van der Waals surface area (Å²) >= 11 is 5.98. The van der Waals surface area contributed by atoms with E-state index >= 15 is 0 Å². The number of hydrogen-bond donors (Lipinski definition) is 1. The molecule has 0 bridgehead atoms. The Labute approximate surface area is 121 Å². The van der Waals surface area contributed by atoms with E-state index in [9.17, 15) is 5.26 Å². The first kappa shape index (κ1) is 12.6. The lowest BCUT2D eigenvalue weighted by atomic mass is 10.00. The molecule has 0 spiro atoms. The number of aryl methyl sites for hydroxylation is 2. The summed E-state index contributed by atoms with van der Waals surface area (Å²) in [5.74, 6) is 0. The van der Waals surface area contributed by atoms with Crippen LogP contribution in [0.25, 0.3) is 22.3 Å². The van der Waals surface area contributed by atoms with Crippen molar-refractivity contribution >= 4 is 22.6 Å². The van der Waals surface area contributed by atoms with Crippen LogP contribution in [0.5, 0.6) is 0 Å². The quantitative estimate of drug-likeness (QED) is 0.691. The first-order chi connectivity index (χ1) is 9.60. The van der Waals surface area contributed by atoms with Crippen molar-refractivity contribution in [2.45, 2.75) is 13.8 Å². The van der Waals surface area contributed by atoms with Crippen LogP contribution in [-0.4, -0.2) is 15.0 Å². The molecule has 3 aromatic rings. The minimum atomic E-state index is 0.166. The Morgan fingerprint density at radius 3 is 2.75 bits per heavy atom. The number of fused-ring (bicyclic) bond motifs is 1. The molecule has 0 aliphatic rings. The standard InChI is InChI=1S/C15H11ClN4/c1-8-3-4-11(9(2)5-8)13-12-10(6-17)7-18-14(12)20-15(16)19-13/h3-5,7H,1-2H3,(H,18,19,20). The molecule has 0 saturated heterocycles. The van der Waals surface area contributed by atoms with E-state index in [1.807, 2.05) is 26.0 Å². The minimum absolute atomic E-state index is 0.166. The lowest BCUT2D eigenvalue weighted by molar-refractivity contribution is 1.20. The normalized spacial score (nSPS) is 10.7. The number of aromatic amines is 1. The highest BCUT2D eigenvalue weighted by Crippen LogP contribution is 2.31. The van der Waals surface area contributed by atoms with Crippen LogP contribution in [0.1, 0.15) is 16.7 Å². The molecule has 0 unspecified atom stereocenters. The van der Waals surface area contributed by atoms with Crippen LogP contribution in [0.15, 0.2) is 24.4 Å². The fraction of sp³-hybridized carbons (Fsp3) is 0.133. The SMILES string of the molecule is Cc1ccc(-c2nc(Cl)nc3[nH]cc(C#N)c23)c(C)c1. The average molecular weight is 283 g/mol. The van der Waals surface area contributed by atoms with Gasteiger partial charge in [0, 0.05) is 11.8 Å². The summed E-state index contributed by atoms with van der Waals surface area (Å²) in [4.78, 5) is 11.4. The van der Waals surface area contributed by atoms with E-state index in [1.165, 1.54) is 5.56 Å². The average Bonchev–Trinajstić information content (AvgIpc) is 2.80. The van der Waals surface area contributed by atoms with E-state index in [2.05, 4.69) is 27.1 Å². The zero-order valence-corrected chi connectivity index (χ0v) is 11.8. The lowest BCUT2D eigenvalue weighted by Gasteiger charge is -2.08. The zero-order chi connectivity index (χ0) is 14.3. The van der Waals surface area contributed by atoms with Crippen molar-refractivity contribution in [3.63, 3.8) is 0 Å². The second-order valence-electron chi connectivity index (χ2n) is 4.70. The van der Waals surface area contributed by atoms with E-state index in [-0.39, 0.29) is 5.28 Å². The molecule has 5 heteroatoms. The van der Waals surface area contributed by atoms with Gasteiger partial charge in [0.1, 0.15) is 11.7 Å². The number of rotatable bonds is 1. The summed E-state index contributed by atoms with van der Waals surface area (Å²) in [5, 5.41) is 10.1. The molecule has 20 heavy (non-hydrogen) atoms. The van der Waals surface area contributed by atoms with Gasteiger partial charge in [0.15, 0.2) is 0 Å². The van der Waals surface area contributed by atoms with Gasteiger partial charge in [0.25, 0.3) is 0 Å². The highest BCUT2D eigenvalue weighted by Gasteiger charge is 2.15. The van der Waals surface area contributed by atoms with Gasteiger partial charge in [-0.05, 0) is 31.0 Å². The van der Waals surface area contributed by atoms with Crippen LogP contribution in [0.4, 0.5) is 0 Å². The smallest absolute Gasteiger partial charge is 0.224 e.